The third-order valence-corrected chi connectivity index (χ3v) is 4.50. The highest BCUT2D eigenvalue weighted by Gasteiger charge is 2.40. The summed E-state index contributed by atoms with van der Waals surface area (Å²) in [6.45, 7) is 8.99. The molecule has 1 saturated carbocycles. The summed E-state index contributed by atoms with van der Waals surface area (Å²) < 4.78 is 0. The van der Waals surface area contributed by atoms with Gasteiger partial charge < -0.3 is 10.2 Å². The van der Waals surface area contributed by atoms with E-state index in [0.717, 1.165) is 18.9 Å². The third kappa shape index (κ3) is 2.92. The molecule has 0 bridgehead atoms. The van der Waals surface area contributed by atoms with Crippen LogP contribution in [0.1, 0.15) is 51.5 Å². The molecule has 2 fully saturated rings. The Morgan fingerprint density at radius 3 is 2.74 bits per heavy atom. The number of anilines is 1. The molecule has 1 aromatic rings. The molecule has 1 aromatic heterocycles. The van der Waals surface area contributed by atoms with Gasteiger partial charge in [0.1, 0.15) is 5.82 Å². The Balaban J connectivity index is 1.60. The van der Waals surface area contributed by atoms with Crippen LogP contribution in [0.15, 0.2) is 18.3 Å². The van der Waals surface area contributed by atoms with Gasteiger partial charge in [0, 0.05) is 30.9 Å². The van der Waals surface area contributed by atoms with Gasteiger partial charge in [-0.2, -0.15) is 0 Å². The minimum Gasteiger partial charge on any atom is -0.355 e. The molecule has 3 rings (SSSR count). The van der Waals surface area contributed by atoms with Crippen molar-refractivity contribution < 1.29 is 0 Å². The van der Waals surface area contributed by atoms with E-state index in [2.05, 4.69) is 48.1 Å². The van der Waals surface area contributed by atoms with Gasteiger partial charge in [0.2, 0.25) is 0 Å². The van der Waals surface area contributed by atoms with Crippen LogP contribution in [0, 0.1) is 0 Å². The van der Waals surface area contributed by atoms with E-state index in [1.165, 1.54) is 24.8 Å². The highest BCUT2D eigenvalue weighted by Crippen LogP contribution is 2.35. The van der Waals surface area contributed by atoms with Crippen molar-refractivity contribution >= 4 is 5.82 Å². The maximum atomic E-state index is 4.63. The van der Waals surface area contributed by atoms with E-state index in [1.54, 1.807) is 0 Å². The van der Waals surface area contributed by atoms with E-state index in [4.69, 9.17) is 0 Å². The van der Waals surface area contributed by atoms with Crippen molar-refractivity contribution in [1.29, 1.82) is 0 Å². The van der Waals surface area contributed by atoms with Gasteiger partial charge in [-0.1, -0.05) is 19.9 Å². The van der Waals surface area contributed by atoms with Crippen LogP contribution in [0.25, 0.3) is 0 Å². The van der Waals surface area contributed by atoms with E-state index in [9.17, 15) is 0 Å². The maximum Gasteiger partial charge on any atom is 0.128 e. The zero-order valence-corrected chi connectivity index (χ0v) is 12.3. The lowest BCUT2D eigenvalue weighted by molar-refractivity contribution is 0.455. The van der Waals surface area contributed by atoms with Gasteiger partial charge in [-0.15, -0.1) is 0 Å². The second-order valence-electron chi connectivity index (χ2n) is 6.74. The van der Waals surface area contributed by atoms with Gasteiger partial charge in [0.15, 0.2) is 0 Å². The van der Waals surface area contributed by atoms with Crippen molar-refractivity contribution in [2.45, 2.75) is 57.5 Å². The van der Waals surface area contributed by atoms with Crippen molar-refractivity contribution in [3.8, 4) is 0 Å². The van der Waals surface area contributed by atoms with Crippen molar-refractivity contribution in [3.05, 3.63) is 23.9 Å². The molecular weight excluding hydrogens is 234 g/mol. The van der Waals surface area contributed by atoms with Gasteiger partial charge in [-0.05, 0) is 43.7 Å². The molecule has 0 amide bonds. The Labute approximate surface area is 116 Å². The summed E-state index contributed by atoms with van der Waals surface area (Å²) in [6.07, 6.45) is 5.95. The summed E-state index contributed by atoms with van der Waals surface area (Å²) in [5, 5.41) is 3.79. The van der Waals surface area contributed by atoms with Crippen LogP contribution in [0.4, 0.5) is 5.82 Å². The SMILES string of the molecule is CC(C)c1ccc(N2CCC(NC3(C)CC3)C2)nc1. The molecule has 0 aromatic carbocycles. The molecule has 0 spiro atoms. The van der Waals surface area contributed by atoms with Gasteiger partial charge in [0.25, 0.3) is 0 Å². The number of nitrogens with one attached hydrogen (secondary N) is 1. The molecule has 1 saturated heterocycles. The maximum absolute atomic E-state index is 4.63. The summed E-state index contributed by atoms with van der Waals surface area (Å²) in [7, 11) is 0. The quantitative estimate of drug-likeness (QED) is 0.901. The average Bonchev–Trinajstić information content (AvgIpc) is 2.93. The van der Waals surface area contributed by atoms with Gasteiger partial charge in [0.05, 0.1) is 0 Å². The largest absolute Gasteiger partial charge is 0.355 e. The highest BCUT2D eigenvalue weighted by molar-refractivity contribution is 5.41. The molecule has 19 heavy (non-hydrogen) atoms. The Morgan fingerprint density at radius 2 is 2.16 bits per heavy atom. The number of hydrogen-bond donors (Lipinski definition) is 1. The predicted octanol–water partition coefficient (Wildman–Crippen LogP) is 2.93. The lowest BCUT2D eigenvalue weighted by Crippen LogP contribution is -2.40. The highest BCUT2D eigenvalue weighted by atomic mass is 15.2. The molecule has 1 unspecified atom stereocenters. The topological polar surface area (TPSA) is 28.2 Å². The summed E-state index contributed by atoms with van der Waals surface area (Å²) in [6, 6.07) is 5.03. The van der Waals surface area contributed by atoms with E-state index < -0.39 is 0 Å². The number of pyridine rings is 1. The van der Waals surface area contributed by atoms with Crippen LogP contribution in [0.3, 0.4) is 0 Å². The smallest absolute Gasteiger partial charge is 0.128 e. The first-order valence-corrected chi connectivity index (χ1v) is 7.54. The summed E-state index contributed by atoms with van der Waals surface area (Å²) in [5.41, 5.74) is 1.76. The molecule has 3 heteroatoms. The first kappa shape index (κ1) is 12.9. The number of nitrogens with zero attached hydrogens (tertiary/aromatic N) is 2. The minimum absolute atomic E-state index is 0.440. The van der Waals surface area contributed by atoms with Gasteiger partial charge in [-0.3, -0.25) is 0 Å². The monoisotopic (exact) mass is 259 g/mol. The molecule has 0 radical (unpaired) electrons. The lowest BCUT2D eigenvalue weighted by atomic mass is 10.1. The molecule has 1 N–H and O–H groups in total. The standard InChI is InChI=1S/C16H25N3/c1-12(2)13-4-5-15(17-10-13)19-9-6-14(11-19)18-16(3)7-8-16/h4-5,10,12,14,18H,6-9,11H2,1-3H3. The minimum atomic E-state index is 0.440. The molecule has 2 heterocycles. The van der Waals surface area contributed by atoms with E-state index in [-0.39, 0.29) is 0 Å². The molecule has 1 aliphatic carbocycles. The van der Waals surface area contributed by atoms with Gasteiger partial charge in [-0.25, -0.2) is 4.98 Å². The Morgan fingerprint density at radius 1 is 1.37 bits per heavy atom. The van der Waals surface area contributed by atoms with Crippen molar-refractivity contribution in [2.24, 2.45) is 0 Å². The number of aromatic nitrogens is 1. The Kier molecular flexibility index (Phi) is 3.25. The summed E-state index contributed by atoms with van der Waals surface area (Å²) >= 11 is 0. The average molecular weight is 259 g/mol. The zero-order valence-electron chi connectivity index (χ0n) is 12.3. The molecule has 1 aliphatic heterocycles. The second-order valence-corrected chi connectivity index (χ2v) is 6.74. The van der Waals surface area contributed by atoms with E-state index in [1.807, 2.05) is 6.20 Å². The first-order valence-electron chi connectivity index (χ1n) is 7.54. The third-order valence-electron chi connectivity index (χ3n) is 4.50. The fraction of sp³-hybridized carbons (Fsp3) is 0.688. The van der Waals surface area contributed by atoms with E-state index in [0.29, 0.717) is 17.5 Å². The molecule has 1 atom stereocenters. The van der Waals surface area contributed by atoms with Crippen LogP contribution in [-0.4, -0.2) is 29.7 Å². The molecule has 3 nitrogen and oxygen atoms in total. The molecular formula is C16H25N3. The molecule has 104 valence electrons. The Bertz CT molecular complexity index is 434. The van der Waals surface area contributed by atoms with E-state index >= 15 is 0 Å². The van der Waals surface area contributed by atoms with Crippen molar-refractivity contribution in [3.63, 3.8) is 0 Å². The van der Waals surface area contributed by atoms with Crippen LogP contribution in [0.5, 0.6) is 0 Å². The molecule has 2 aliphatic rings. The van der Waals surface area contributed by atoms with Crippen LogP contribution in [0.2, 0.25) is 0 Å². The summed E-state index contributed by atoms with van der Waals surface area (Å²) in [4.78, 5) is 7.04. The normalized spacial score (nSPS) is 25.1. The fourth-order valence-corrected chi connectivity index (χ4v) is 2.84. The summed E-state index contributed by atoms with van der Waals surface area (Å²) in [5.74, 6) is 1.69. The first-order chi connectivity index (χ1) is 9.06. The van der Waals surface area contributed by atoms with Crippen LogP contribution in [-0.2, 0) is 0 Å². The van der Waals surface area contributed by atoms with Crippen molar-refractivity contribution in [1.82, 2.24) is 10.3 Å². The fourth-order valence-electron chi connectivity index (χ4n) is 2.84. The number of rotatable bonds is 4. The van der Waals surface area contributed by atoms with Gasteiger partial charge >= 0.3 is 0 Å². The second kappa shape index (κ2) is 4.78. The lowest BCUT2D eigenvalue weighted by Gasteiger charge is -2.21. The van der Waals surface area contributed by atoms with Crippen LogP contribution >= 0.6 is 0 Å². The van der Waals surface area contributed by atoms with Crippen molar-refractivity contribution in [2.75, 3.05) is 18.0 Å². The van der Waals surface area contributed by atoms with Crippen LogP contribution < -0.4 is 10.2 Å². The zero-order chi connectivity index (χ0) is 13.5. The Hall–Kier alpha value is -1.09. The predicted molar refractivity (Wildman–Crippen MR) is 79.7 cm³/mol. The number of hydrogen-bond acceptors (Lipinski definition) is 3.